The van der Waals surface area contributed by atoms with Crippen LogP contribution in [0.3, 0.4) is 0 Å². The fraction of sp³-hybridized carbons (Fsp3) is 0. The number of halogens is 2. The Bertz CT molecular complexity index is 1130. The highest BCUT2D eigenvalue weighted by molar-refractivity contribution is 7.94. The molecule has 0 saturated heterocycles. The molecule has 1 heterocycles. The molecule has 2 aromatic carbocycles. The topological polar surface area (TPSA) is 87.6 Å². The second-order valence-electron chi connectivity index (χ2n) is 5.43. The van der Waals surface area contributed by atoms with Gasteiger partial charge in [-0.2, -0.15) is 5.10 Å². The van der Waals surface area contributed by atoms with Crippen LogP contribution in [0.1, 0.15) is 15.9 Å². The van der Waals surface area contributed by atoms with Crippen molar-refractivity contribution in [3.05, 3.63) is 81.1 Å². The first-order valence-corrected chi connectivity index (χ1v) is 10.9. The largest absolute Gasteiger partial charge is 0.278 e. The van der Waals surface area contributed by atoms with E-state index in [9.17, 15) is 13.2 Å². The van der Waals surface area contributed by atoms with Crippen LogP contribution in [0, 0.1) is 0 Å². The van der Waals surface area contributed by atoms with E-state index in [1.54, 1.807) is 41.8 Å². The molecule has 0 spiro atoms. The molecule has 3 aromatic rings. The zero-order valence-electron chi connectivity index (χ0n) is 14.1. The molecule has 0 unspecified atom stereocenters. The zero-order chi connectivity index (χ0) is 20.1. The molecule has 0 saturated carbocycles. The minimum absolute atomic E-state index is 0.122. The average Bonchev–Trinajstić information content (AvgIpc) is 3.21. The van der Waals surface area contributed by atoms with Gasteiger partial charge >= 0.3 is 0 Å². The summed E-state index contributed by atoms with van der Waals surface area (Å²) in [5, 5.41) is 6.20. The summed E-state index contributed by atoms with van der Waals surface area (Å²) in [7, 11) is -3.78. The van der Waals surface area contributed by atoms with Gasteiger partial charge in [-0.25, -0.2) is 13.8 Å². The maximum absolute atomic E-state index is 12.5. The van der Waals surface area contributed by atoms with Crippen LogP contribution in [0.5, 0.6) is 0 Å². The number of nitrogens with zero attached hydrogens (tertiary/aromatic N) is 1. The fourth-order valence-electron chi connectivity index (χ4n) is 2.22. The highest BCUT2D eigenvalue weighted by atomic mass is 35.5. The van der Waals surface area contributed by atoms with Gasteiger partial charge < -0.3 is 0 Å². The van der Waals surface area contributed by atoms with Gasteiger partial charge in [0.15, 0.2) is 0 Å². The van der Waals surface area contributed by atoms with E-state index in [4.69, 9.17) is 23.2 Å². The van der Waals surface area contributed by atoms with Gasteiger partial charge in [0.05, 0.1) is 27.5 Å². The highest BCUT2D eigenvalue weighted by Crippen LogP contribution is 2.24. The lowest BCUT2D eigenvalue weighted by molar-refractivity contribution is 0.0956. The van der Waals surface area contributed by atoms with Crippen LogP contribution < -0.4 is 10.1 Å². The molecule has 0 bridgehead atoms. The molecule has 0 atom stereocenters. The lowest BCUT2D eigenvalue weighted by atomic mass is 10.2. The number of hydrogen-bond donors (Lipinski definition) is 2. The number of thiophene rings is 1. The summed E-state index contributed by atoms with van der Waals surface area (Å²) < 4.78 is 27.4. The average molecular weight is 454 g/mol. The highest BCUT2D eigenvalue weighted by Gasteiger charge is 2.19. The first-order chi connectivity index (χ1) is 13.4. The van der Waals surface area contributed by atoms with E-state index in [2.05, 4.69) is 15.2 Å². The summed E-state index contributed by atoms with van der Waals surface area (Å²) >= 11 is 13.1. The smallest absolute Gasteiger partial charge is 0.273 e. The van der Waals surface area contributed by atoms with Gasteiger partial charge in [-0.15, -0.1) is 11.3 Å². The Hall–Kier alpha value is -2.39. The Kier molecular flexibility index (Phi) is 6.35. The third-order valence-corrected chi connectivity index (χ3v) is 7.12. The molecule has 0 radical (unpaired) electrons. The van der Waals surface area contributed by atoms with Crippen molar-refractivity contribution >= 4 is 62.4 Å². The molecule has 1 aromatic heterocycles. The Morgan fingerprint density at radius 2 is 1.82 bits per heavy atom. The number of anilines is 1. The van der Waals surface area contributed by atoms with Crippen molar-refractivity contribution in [2.45, 2.75) is 4.21 Å². The van der Waals surface area contributed by atoms with Crippen molar-refractivity contribution in [3.8, 4) is 0 Å². The predicted octanol–water partition coefficient (Wildman–Crippen LogP) is 4.62. The molecule has 6 nitrogen and oxygen atoms in total. The van der Waals surface area contributed by atoms with E-state index in [0.717, 1.165) is 11.3 Å². The summed E-state index contributed by atoms with van der Waals surface area (Å²) in [6.07, 6.45) is 1.35. The molecule has 2 N–H and O–H groups in total. The van der Waals surface area contributed by atoms with Crippen LogP contribution >= 0.6 is 34.5 Å². The number of sulfonamides is 1. The number of para-hydroxylation sites is 1. The molecule has 0 fully saturated rings. The van der Waals surface area contributed by atoms with E-state index in [1.807, 2.05) is 0 Å². The van der Waals surface area contributed by atoms with Gasteiger partial charge in [-0.1, -0.05) is 53.5 Å². The molecule has 0 aliphatic carbocycles. The van der Waals surface area contributed by atoms with Crippen LogP contribution in [0.25, 0.3) is 0 Å². The van der Waals surface area contributed by atoms with Crippen LogP contribution in [0.2, 0.25) is 10.0 Å². The predicted molar refractivity (Wildman–Crippen MR) is 113 cm³/mol. The van der Waals surface area contributed by atoms with Crippen molar-refractivity contribution in [2.24, 2.45) is 5.10 Å². The monoisotopic (exact) mass is 453 g/mol. The van der Waals surface area contributed by atoms with E-state index >= 15 is 0 Å². The van der Waals surface area contributed by atoms with Crippen molar-refractivity contribution in [1.82, 2.24) is 5.43 Å². The normalized spacial score (nSPS) is 11.5. The number of nitrogens with one attached hydrogen (secondary N) is 2. The van der Waals surface area contributed by atoms with E-state index in [-0.39, 0.29) is 15.5 Å². The number of carbonyl (C=O) groups excluding carboxylic acids is 1. The van der Waals surface area contributed by atoms with Gasteiger partial charge in [0.1, 0.15) is 4.21 Å². The number of hydrogen-bond acceptors (Lipinski definition) is 5. The van der Waals surface area contributed by atoms with E-state index in [1.165, 1.54) is 24.4 Å². The number of benzene rings is 2. The third-order valence-electron chi connectivity index (χ3n) is 3.53. The van der Waals surface area contributed by atoms with Gasteiger partial charge in [-0.3, -0.25) is 9.52 Å². The van der Waals surface area contributed by atoms with E-state index < -0.39 is 15.9 Å². The number of rotatable bonds is 6. The first kappa shape index (κ1) is 20.3. The quantitative estimate of drug-likeness (QED) is 0.421. The van der Waals surface area contributed by atoms with Crippen molar-refractivity contribution < 1.29 is 13.2 Å². The second kappa shape index (κ2) is 8.74. The molecule has 28 heavy (non-hydrogen) atoms. The first-order valence-electron chi connectivity index (χ1n) is 7.81. The number of hydrazone groups is 1. The zero-order valence-corrected chi connectivity index (χ0v) is 17.2. The molecule has 1 amide bonds. The van der Waals surface area contributed by atoms with Crippen LogP contribution in [0.4, 0.5) is 5.69 Å². The Morgan fingerprint density at radius 1 is 1.04 bits per heavy atom. The molecule has 0 aliphatic rings. The molecular weight excluding hydrogens is 441 g/mol. The van der Waals surface area contributed by atoms with Gasteiger partial charge in [0.2, 0.25) is 0 Å². The molecule has 10 heteroatoms. The fourth-order valence-corrected chi connectivity index (χ4v) is 4.65. The van der Waals surface area contributed by atoms with Gasteiger partial charge in [-0.05, 0) is 29.6 Å². The van der Waals surface area contributed by atoms with Crippen molar-refractivity contribution in [3.63, 3.8) is 0 Å². The molecule has 144 valence electrons. The van der Waals surface area contributed by atoms with Crippen LogP contribution in [0.15, 0.2) is 69.3 Å². The summed E-state index contributed by atoms with van der Waals surface area (Å²) in [5.74, 6) is -0.584. The van der Waals surface area contributed by atoms with Gasteiger partial charge in [0, 0.05) is 5.56 Å². The second-order valence-corrected chi connectivity index (χ2v) is 9.07. The maximum Gasteiger partial charge on any atom is 0.273 e. The van der Waals surface area contributed by atoms with Crippen LogP contribution in [-0.4, -0.2) is 20.5 Å². The SMILES string of the molecule is O=C(N/N=C/c1cccc(Cl)c1Cl)c1ccccc1NS(=O)(=O)c1cccs1. The lowest BCUT2D eigenvalue weighted by Crippen LogP contribution is -2.21. The minimum atomic E-state index is -3.78. The number of amides is 1. The van der Waals surface area contributed by atoms with Crippen LogP contribution in [-0.2, 0) is 10.0 Å². The Morgan fingerprint density at radius 3 is 2.57 bits per heavy atom. The minimum Gasteiger partial charge on any atom is -0.278 e. The maximum atomic E-state index is 12.5. The molecular formula is C18H13Cl2N3O3S2. The summed E-state index contributed by atoms with van der Waals surface area (Å²) in [6, 6.07) is 14.4. The third kappa shape index (κ3) is 4.71. The lowest BCUT2D eigenvalue weighted by Gasteiger charge is -2.10. The standard InChI is InChI=1S/C18H13Cl2N3O3S2/c19-14-7-3-5-12(17(14)20)11-21-22-18(24)13-6-1-2-8-15(13)23-28(25,26)16-9-4-10-27-16/h1-11,23H,(H,22,24)/b21-11+. The van der Waals surface area contributed by atoms with E-state index in [0.29, 0.717) is 15.6 Å². The van der Waals surface area contributed by atoms with Gasteiger partial charge in [0.25, 0.3) is 15.9 Å². The number of carbonyl (C=O) groups is 1. The molecule has 3 rings (SSSR count). The Labute approximate surface area is 175 Å². The summed E-state index contributed by atoms with van der Waals surface area (Å²) in [4.78, 5) is 12.5. The molecule has 0 aliphatic heterocycles. The summed E-state index contributed by atoms with van der Waals surface area (Å²) in [6.45, 7) is 0. The van der Waals surface area contributed by atoms with Crippen molar-refractivity contribution in [2.75, 3.05) is 4.72 Å². The van der Waals surface area contributed by atoms with Crippen molar-refractivity contribution in [1.29, 1.82) is 0 Å². The Balaban J connectivity index is 1.78. The summed E-state index contributed by atoms with van der Waals surface area (Å²) in [5.41, 5.74) is 3.15.